The van der Waals surface area contributed by atoms with Crippen LogP contribution in [0.15, 0.2) is 40.9 Å². The maximum absolute atomic E-state index is 12.9. The van der Waals surface area contributed by atoms with Crippen LogP contribution in [0.3, 0.4) is 0 Å². The molecule has 8 heteroatoms. The molecule has 2 heterocycles. The summed E-state index contributed by atoms with van der Waals surface area (Å²) in [5, 5.41) is 10.1. The minimum Gasteiger partial charge on any atom is -0.478 e. The number of anilines is 1. The second-order valence-electron chi connectivity index (χ2n) is 6.26. The molecule has 3 rings (SSSR count). The number of pyridine rings is 1. The van der Waals surface area contributed by atoms with Gasteiger partial charge in [-0.1, -0.05) is 19.9 Å². The largest absolute Gasteiger partial charge is 0.478 e. The van der Waals surface area contributed by atoms with E-state index in [2.05, 4.69) is 23.6 Å². The zero-order valence-corrected chi connectivity index (χ0v) is 16.1. The molecule has 0 aliphatic rings. The molecule has 0 radical (unpaired) electrons. The van der Waals surface area contributed by atoms with E-state index < -0.39 is 16.0 Å². The van der Waals surface area contributed by atoms with Crippen molar-refractivity contribution in [3.8, 4) is 0 Å². The highest BCUT2D eigenvalue weighted by molar-refractivity contribution is 7.94. The molecule has 1 aromatic carbocycles. The molecule has 0 saturated carbocycles. The van der Waals surface area contributed by atoms with E-state index in [0.29, 0.717) is 11.5 Å². The molecule has 0 aliphatic heterocycles. The highest BCUT2D eigenvalue weighted by Gasteiger charge is 2.24. The molecule has 0 saturated heterocycles. The number of aryl methyl sites for hydroxylation is 1. The Balaban J connectivity index is 2.08. The number of carboxylic acid groups (broad SMARTS) is 1. The smallest absolute Gasteiger partial charge is 0.339 e. The normalized spacial score (nSPS) is 11.8. The van der Waals surface area contributed by atoms with Gasteiger partial charge < -0.3 is 5.11 Å². The van der Waals surface area contributed by atoms with Gasteiger partial charge in [-0.15, -0.1) is 11.3 Å². The molecule has 3 aromatic rings. The van der Waals surface area contributed by atoms with Crippen molar-refractivity contribution in [1.82, 2.24) is 4.98 Å². The predicted molar refractivity (Wildman–Crippen MR) is 103 cm³/mol. The number of nitrogens with one attached hydrogen (secondary N) is 1. The van der Waals surface area contributed by atoms with Crippen molar-refractivity contribution < 1.29 is 18.3 Å². The fourth-order valence-corrected chi connectivity index (χ4v) is 5.50. The van der Waals surface area contributed by atoms with Gasteiger partial charge in [0, 0.05) is 17.1 Å². The summed E-state index contributed by atoms with van der Waals surface area (Å²) in [5.41, 5.74) is 1.59. The molecule has 0 amide bonds. The number of thiophene rings is 1. The SMILES string of the molecule is Cc1c(S(=O)(=O)Nc2ccncc2C(=O)O)sc2ccc(C(C)C)cc12. The molecule has 136 valence electrons. The van der Waals surface area contributed by atoms with Gasteiger partial charge in [-0.3, -0.25) is 9.71 Å². The van der Waals surface area contributed by atoms with Crippen LogP contribution in [0.25, 0.3) is 10.1 Å². The number of aromatic carboxylic acids is 1. The number of carbonyl (C=O) groups is 1. The lowest BCUT2D eigenvalue weighted by atomic mass is 10.0. The standard InChI is InChI=1S/C18H18N2O4S2/c1-10(2)12-4-5-16-13(8-12)11(3)18(25-16)26(23,24)20-15-6-7-19-9-14(15)17(21)22/h4-10H,1-3H3,(H,19,20)(H,21,22). The van der Waals surface area contributed by atoms with E-state index in [1.807, 2.05) is 18.2 Å². The lowest BCUT2D eigenvalue weighted by Crippen LogP contribution is -2.15. The van der Waals surface area contributed by atoms with Crippen LogP contribution < -0.4 is 4.72 Å². The lowest BCUT2D eigenvalue weighted by Gasteiger charge is -2.09. The van der Waals surface area contributed by atoms with Crippen LogP contribution in [0.2, 0.25) is 0 Å². The average Bonchev–Trinajstić information content (AvgIpc) is 2.92. The summed E-state index contributed by atoms with van der Waals surface area (Å²) in [4.78, 5) is 15.0. The highest BCUT2D eigenvalue weighted by atomic mass is 32.2. The molecule has 0 atom stereocenters. The van der Waals surface area contributed by atoms with Crippen molar-refractivity contribution in [3.05, 3.63) is 53.3 Å². The first kappa shape index (κ1) is 18.3. The van der Waals surface area contributed by atoms with Crippen LogP contribution in [-0.2, 0) is 10.0 Å². The topological polar surface area (TPSA) is 96.4 Å². The second kappa shape index (κ2) is 6.69. The van der Waals surface area contributed by atoms with Crippen LogP contribution in [0.4, 0.5) is 5.69 Å². The second-order valence-corrected chi connectivity index (χ2v) is 9.19. The number of sulfonamides is 1. The fraction of sp³-hybridized carbons (Fsp3) is 0.222. The Morgan fingerprint density at radius 3 is 2.65 bits per heavy atom. The maximum atomic E-state index is 12.9. The minimum absolute atomic E-state index is 0.00720. The van der Waals surface area contributed by atoms with Crippen LogP contribution in [0, 0.1) is 6.92 Å². The van der Waals surface area contributed by atoms with Crippen LogP contribution in [0.1, 0.15) is 41.3 Å². The summed E-state index contributed by atoms with van der Waals surface area (Å²) in [6.45, 7) is 5.93. The zero-order chi connectivity index (χ0) is 19.1. The number of carboxylic acids is 1. The average molecular weight is 390 g/mol. The number of nitrogens with zero attached hydrogens (tertiary/aromatic N) is 1. The summed E-state index contributed by atoms with van der Waals surface area (Å²) in [5.74, 6) is -0.905. The molecule has 0 spiro atoms. The van der Waals surface area contributed by atoms with Gasteiger partial charge in [0.2, 0.25) is 0 Å². The van der Waals surface area contributed by atoms with Crippen molar-refractivity contribution in [1.29, 1.82) is 0 Å². The molecular weight excluding hydrogens is 372 g/mol. The number of fused-ring (bicyclic) bond motifs is 1. The third-order valence-electron chi connectivity index (χ3n) is 4.12. The third kappa shape index (κ3) is 3.30. The molecule has 0 unspecified atom stereocenters. The van der Waals surface area contributed by atoms with Crippen molar-refractivity contribution in [2.45, 2.75) is 30.9 Å². The summed E-state index contributed by atoms with van der Waals surface area (Å²) < 4.78 is 29.2. The molecular formula is C18H18N2O4S2. The van der Waals surface area contributed by atoms with Crippen molar-refractivity contribution in [2.75, 3.05) is 4.72 Å². The number of hydrogen-bond donors (Lipinski definition) is 2. The number of rotatable bonds is 5. The monoisotopic (exact) mass is 390 g/mol. The van der Waals surface area contributed by atoms with Crippen LogP contribution >= 0.6 is 11.3 Å². The van der Waals surface area contributed by atoms with Crippen molar-refractivity contribution in [3.63, 3.8) is 0 Å². The van der Waals surface area contributed by atoms with E-state index in [-0.39, 0.29) is 15.5 Å². The van der Waals surface area contributed by atoms with Crippen molar-refractivity contribution in [2.24, 2.45) is 0 Å². The Morgan fingerprint density at radius 1 is 1.27 bits per heavy atom. The van der Waals surface area contributed by atoms with Crippen LogP contribution in [0.5, 0.6) is 0 Å². The Hall–Kier alpha value is -2.45. The minimum atomic E-state index is -3.92. The van der Waals surface area contributed by atoms with Gasteiger partial charge in [0.25, 0.3) is 10.0 Å². The highest BCUT2D eigenvalue weighted by Crippen LogP contribution is 2.36. The molecule has 0 bridgehead atoms. The van der Waals surface area contributed by atoms with E-state index in [4.69, 9.17) is 0 Å². The summed E-state index contributed by atoms with van der Waals surface area (Å²) in [6, 6.07) is 7.27. The van der Waals surface area contributed by atoms with Gasteiger partial charge in [0.15, 0.2) is 0 Å². The van der Waals surface area contributed by atoms with Gasteiger partial charge in [0.05, 0.1) is 5.69 Å². The molecule has 6 nitrogen and oxygen atoms in total. The Bertz CT molecular complexity index is 1100. The van der Waals surface area contributed by atoms with Crippen LogP contribution in [-0.4, -0.2) is 24.5 Å². The molecule has 2 N–H and O–H groups in total. The Morgan fingerprint density at radius 2 is 2.00 bits per heavy atom. The first-order valence-corrected chi connectivity index (χ1v) is 10.2. The van der Waals surface area contributed by atoms with E-state index >= 15 is 0 Å². The van der Waals surface area contributed by atoms with Gasteiger partial charge in [-0.05, 0) is 47.6 Å². The maximum Gasteiger partial charge on any atom is 0.339 e. The van der Waals surface area contributed by atoms with Gasteiger partial charge in [-0.2, -0.15) is 0 Å². The number of aromatic nitrogens is 1. The van der Waals surface area contributed by atoms with E-state index in [1.165, 1.54) is 23.6 Å². The first-order chi connectivity index (χ1) is 12.2. The first-order valence-electron chi connectivity index (χ1n) is 7.94. The molecule has 2 aromatic heterocycles. The summed E-state index contributed by atoms with van der Waals surface area (Å²) in [7, 11) is -3.92. The van der Waals surface area contributed by atoms with Gasteiger partial charge >= 0.3 is 5.97 Å². The summed E-state index contributed by atoms with van der Waals surface area (Å²) in [6.07, 6.45) is 2.46. The van der Waals surface area contributed by atoms with Gasteiger partial charge in [0.1, 0.15) is 9.77 Å². The van der Waals surface area contributed by atoms with E-state index in [9.17, 15) is 18.3 Å². The molecule has 0 fully saturated rings. The third-order valence-corrected chi connectivity index (χ3v) is 7.38. The molecule has 0 aliphatic carbocycles. The quantitative estimate of drug-likeness (QED) is 0.680. The van der Waals surface area contributed by atoms with E-state index in [1.54, 1.807) is 6.92 Å². The summed E-state index contributed by atoms with van der Waals surface area (Å²) >= 11 is 1.17. The zero-order valence-electron chi connectivity index (χ0n) is 14.5. The Labute approximate surface area is 155 Å². The van der Waals surface area contributed by atoms with E-state index in [0.717, 1.165) is 21.8 Å². The Kier molecular flexibility index (Phi) is 4.72. The lowest BCUT2D eigenvalue weighted by molar-refractivity contribution is 0.0697. The molecule has 26 heavy (non-hydrogen) atoms. The van der Waals surface area contributed by atoms with Gasteiger partial charge in [-0.25, -0.2) is 13.2 Å². The number of benzene rings is 1. The fourth-order valence-electron chi connectivity index (χ4n) is 2.68. The predicted octanol–water partition coefficient (Wildman–Crippen LogP) is 4.23. The van der Waals surface area contributed by atoms with Crippen molar-refractivity contribution >= 4 is 43.1 Å². The number of hydrogen-bond acceptors (Lipinski definition) is 5.